The topological polar surface area (TPSA) is 43.1 Å². The van der Waals surface area contributed by atoms with Crippen LogP contribution in [0.4, 0.5) is 0 Å². The van der Waals surface area contributed by atoms with Crippen molar-refractivity contribution in [2.24, 2.45) is 0 Å². The lowest BCUT2D eigenvalue weighted by Gasteiger charge is -2.09. The Morgan fingerprint density at radius 3 is 2.85 bits per heavy atom. The van der Waals surface area contributed by atoms with Crippen LogP contribution in [0.25, 0.3) is 5.78 Å². The summed E-state index contributed by atoms with van der Waals surface area (Å²) in [5, 5.41) is 6.32. The molecule has 0 aliphatic rings. The third-order valence-electron chi connectivity index (χ3n) is 2.87. The van der Waals surface area contributed by atoms with Gasteiger partial charge in [0.15, 0.2) is 0 Å². The molecule has 0 atom stereocenters. The fourth-order valence-electron chi connectivity index (χ4n) is 1.80. The van der Waals surface area contributed by atoms with E-state index in [0.717, 1.165) is 26.9 Å². The van der Waals surface area contributed by atoms with Gasteiger partial charge in [-0.25, -0.2) is 0 Å². The van der Waals surface area contributed by atoms with Gasteiger partial charge in [0.05, 0.1) is 0 Å². The summed E-state index contributed by atoms with van der Waals surface area (Å²) in [4.78, 5) is 8.25. The van der Waals surface area contributed by atoms with Crippen molar-refractivity contribution in [1.82, 2.24) is 19.6 Å². The van der Waals surface area contributed by atoms with Crippen molar-refractivity contribution in [3.8, 4) is 0 Å². The summed E-state index contributed by atoms with van der Waals surface area (Å²) in [5.41, 5.74) is 1.96. The molecule has 20 heavy (non-hydrogen) atoms. The van der Waals surface area contributed by atoms with E-state index in [1.54, 1.807) is 16.3 Å². The van der Waals surface area contributed by atoms with Gasteiger partial charge >= 0.3 is 0 Å². The van der Waals surface area contributed by atoms with Gasteiger partial charge in [0, 0.05) is 16.3 Å². The zero-order valence-electron chi connectivity index (χ0n) is 10.5. The van der Waals surface area contributed by atoms with Crippen LogP contribution >= 0.6 is 35.0 Å². The lowest BCUT2D eigenvalue weighted by atomic mass is 10.2. The summed E-state index contributed by atoms with van der Waals surface area (Å²) in [6, 6.07) is 7.78. The maximum Gasteiger partial charge on any atom is 0.254 e. The van der Waals surface area contributed by atoms with Gasteiger partial charge in [-0.1, -0.05) is 41.4 Å². The molecule has 0 saturated carbocycles. The second kappa shape index (κ2) is 5.60. The molecule has 0 amide bonds. The van der Waals surface area contributed by atoms with E-state index >= 15 is 0 Å². The van der Waals surface area contributed by atoms with Crippen LogP contribution in [-0.4, -0.2) is 19.6 Å². The standard InChI is InChI=1S/C13H10Cl2N4S/c1-8-11(15)18-13-16-7-17-19(13)12(8)20-6-9-4-2-3-5-10(9)14/h2-5,7H,6H2,1H3. The second-order valence-corrected chi connectivity index (χ2v) is 5.91. The number of aromatic nitrogens is 4. The van der Waals surface area contributed by atoms with Crippen LogP contribution in [0, 0.1) is 6.92 Å². The number of rotatable bonds is 3. The van der Waals surface area contributed by atoms with E-state index in [1.165, 1.54) is 6.33 Å². The molecule has 0 radical (unpaired) electrons. The predicted molar refractivity (Wildman–Crippen MR) is 81.5 cm³/mol. The number of fused-ring (bicyclic) bond motifs is 1. The van der Waals surface area contributed by atoms with Crippen molar-refractivity contribution in [3.05, 3.63) is 51.9 Å². The van der Waals surface area contributed by atoms with Gasteiger partial charge in [-0.2, -0.15) is 19.6 Å². The summed E-state index contributed by atoms with van der Waals surface area (Å²) in [6.45, 7) is 1.92. The Morgan fingerprint density at radius 1 is 1.25 bits per heavy atom. The van der Waals surface area contributed by atoms with E-state index < -0.39 is 0 Å². The van der Waals surface area contributed by atoms with E-state index in [0.29, 0.717) is 10.9 Å². The number of hydrogen-bond acceptors (Lipinski definition) is 4. The molecule has 3 rings (SSSR count). The van der Waals surface area contributed by atoms with E-state index in [-0.39, 0.29) is 0 Å². The lowest BCUT2D eigenvalue weighted by Crippen LogP contribution is -2.00. The number of hydrogen-bond donors (Lipinski definition) is 0. The Bertz CT molecular complexity index is 772. The highest BCUT2D eigenvalue weighted by atomic mass is 35.5. The van der Waals surface area contributed by atoms with Crippen LogP contribution in [0.5, 0.6) is 0 Å². The summed E-state index contributed by atoms with van der Waals surface area (Å²) in [6.07, 6.45) is 1.47. The van der Waals surface area contributed by atoms with Crippen LogP contribution in [0.1, 0.15) is 11.1 Å². The molecule has 0 aliphatic carbocycles. The van der Waals surface area contributed by atoms with E-state index in [9.17, 15) is 0 Å². The SMILES string of the molecule is Cc1c(Cl)nc2ncnn2c1SCc1ccccc1Cl. The van der Waals surface area contributed by atoms with Crippen molar-refractivity contribution in [2.75, 3.05) is 0 Å². The third-order valence-corrected chi connectivity index (χ3v) is 4.82. The first-order valence-corrected chi connectivity index (χ1v) is 7.63. The van der Waals surface area contributed by atoms with Crippen LogP contribution in [0.15, 0.2) is 35.6 Å². The Kier molecular flexibility index (Phi) is 3.83. The fourth-order valence-corrected chi connectivity index (χ4v) is 3.42. The summed E-state index contributed by atoms with van der Waals surface area (Å²) in [7, 11) is 0. The molecule has 3 aromatic rings. The van der Waals surface area contributed by atoms with Crippen LogP contribution in [-0.2, 0) is 5.75 Å². The summed E-state index contributed by atoms with van der Waals surface area (Å²) < 4.78 is 1.70. The van der Waals surface area contributed by atoms with Gasteiger partial charge in [-0.3, -0.25) is 0 Å². The van der Waals surface area contributed by atoms with Crippen LogP contribution in [0.3, 0.4) is 0 Å². The number of nitrogens with zero attached hydrogens (tertiary/aromatic N) is 4. The number of thioether (sulfide) groups is 1. The first-order valence-electron chi connectivity index (χ1n) is 5.89. The molecule has 0 N–H and O–H groups in total. The molecule has 2 aromatic heterocycles. The average Bonchev–Trinajstić information content (AvgIpc) is 2.89. The molecule has 2 heterocycles. The lowest BCUT2D eigenvalue weighted by molar-refractivity contribution is 0.825. The molecule has 0 unspecified atom stereocenters. The minimum absolute atomic E-state index is 0.451. The van der Waals surface area contributed by atoms with Gasteiger partial charge in [0.25, 0.3) is 5.78 Å². The first-order chi connectivity index (χ1) is 9.66. The molecule has 0 spiro atoms. The molecular weight excluding hydrogens is 315 g/mol. The third kappa shape index (κ3) is 2.49. The second-order valence-electron chi connectivity index (χ2n) is 4.18. The van der Waals surface area contributed by atoms with Gasteiger partial charge in [0.2, 0.25) is 0 Å². The first kappa shape index (κ1) is 13.7. The van der Waals surface area contributed by atoms with Gasteiger partial charge < -0.3 is 0 Å². The van der Waals surface area contributed by atoms with E-state index in [4.69, 9.17) is 23.2 Å². The van der Waals surface area contributed by atoms with E-state index in [1.807, 2.05) is 31.2 Å². The minimum atomic E-state index is 0.451. The van der Waals surface area contributed by atoms with Crippen molar-refractivity contribution in [3.63, 3.8) is 0 Å². The molecule has 0 fully saturated rings. The van der Waals surface area contributed by atoms with Gasteiger partial charge in [-0.15, -0.1) is 11.8 Å². The Morgan fingerprint density at radius 2 is 2.05 bits per heavy atom. The van der Waals surface area contributed by atoms with Crippen LogP contribution in [0.2, 0.25) is 10.2 Å². The zero-order valence-corrected chi connectivity index (χ0v) is 12.9. The van der Waals surface area contributed by atoms with Crippen molar-refractivity contribution in [1.29, 1.82) is 0 Å². The molecule has 0 saturated heterocycles. The normalized spacial score (nSPS) is 11.2. The fraction of sp³-hybridized carbons (Fsp3) is 0.154. The molecule has 0 aliphatic heterocycles. The van der Waals surface area contributed by atoms with Gasteiger partial charge in [-0.05, 0) is 18.6 Å². The monoisotopic (exact) mass is 324 g/mol. The predicted octanol–water partition coefficient (Wildman–Crippen LogP) is 4.03. The van der Waals surface area contributed by atoms with Crippen molar-refractivity contribution < 1.29 is 0 Å². The molecule has 1 aromatic carbocycles. The number of benzene rings is 1. The number of halogens is 2. The smallest absolute Gasteiger partial charge is 0.199 e. The minimum Gasteiger partial charge on any atom is -0.199 e. The Balaban J connectivity index is 1.97. The highest BCUT2D eigenvalue weighted by molar-refractivity contribution is 7.98. The highest BCUT2D eigenvalue weighted by Crippen LogP contribution is 2.31. The Labute approximate surface area is 130 Å². The molecule has 102 valence electrons. The largest absolute Gasteiger partial charge is 0.254 e. The maximum atomic E-state index is 6.17. The van der Waals surface area contributed by atoms with Crippen molar-refractivity contribution in [2.45, 2.75) is 17.7 Å². The van der Waals surface area contributed by atoms with Gasteiger partial charge in [0.1, 0.15) is 16.5 Å². The Hall–Kier alpha value is -1.30. The summed E-state index contributed by atoms with van der Waals surface area (Å²) >= 11 is 13.9. The zero-order chi connectivity index (χ0) is 14.1. The highest BCUT2D eigenvalue weighted by Gasteiger charge is 2.13. The van der Waals surface area contributed by atoms with Crippen LogP contribution < -0.4 is 0 Å². The average molecular weight is 325 g/mol. The van der Waals surface area contributed by atoms with Crippen molar-refractivity contribution >= 4 is 40.7 Å². The molecule has 7 heteroatoms. The quantitative estimate of drug-likeness (QED) is 0.539. The molecule has 4 nitrogen and oxygen atoms in total. The molecule has 0 bridgehead atoms. The molecular formula is C13H10Cl2N4S. The maximum absolute atomic E-state index is 6.17. The van der Waals surface area contributed by atoms with E-state index in [2.05, 4.69) is 15.1 Å². The summed E-state index contributed by atoms with van der Waals surface area (Å²) in [5.74, 6) is 1.23.